The van der Waals surface area contributed by atoms with Gasteiger partial charge in [0.2, 0.25) is 5.91 Å². The molecule has 1 N–H and O–H groups in total. The Morgan fingerprint density at radius 3 is 2.60 bits per heavy atom. The molecule has 0 fully saturated rings. The molecular weight excluding hydrogens is 126 g/mol. The Hall–Kier alpha value is -0.530. The molecule has 0 rings (SSSR count). The van der Waals surface area contributed by atoms with Crippen molar-refractivity contribution in [1.29, 1.82) is 0 Å². The SMILES string of the molecule is [CH2]CCCCCC(=O)NC. The first kappa shape index (κ1) is 9.47. The van der Waals surface area contributed by atoms with E-state index in [1.165, 1.54) is 0 Å². The van der Waals surface area contributed by atoms with Crippen molar-refractivity contribution in [3.63, 3.8) is 0 Å². The number of hydrogen-bond donors (Lipinski definition) is 1. The van der Waals surface area contributed by atoms with Gasteiger partial charge in [-0.2, -0.15) is 0 Å². The molecule has 0 aliphatic carbocycles. The van der Waals surface area contributed by atoms with Gasteiger partial charge in [-0.25, -0.2) is 0 Å². The smallest absolute Gasteiger partial charge is 0.219 e. The lowest BCUT2D eigenvalue weighted by atomic mass is 10.1. The molecule has 0 heterocycles. The van der Waals surface area contributed by atoms with E-state index in [4.69, 9.17) is 0 Å². The first-order valence-corrected chi connectivity index (χ1v) is 3.81. The maximum atomic E-state index is 10.6. The fraction of sp³-hybridized carbons (Fsp3) is 0.750. The fourth-order valence-corrected chi connectivity index (χ4v) is 0.764. The molecule has 0 spiro atoms. The van der Waals surface area contributed by atoms with Gasteiger partial charge in [0.1, 0.15) is 0 Å². The van der Waals surface area contributed by atoms with Crippen LogP contribution in [0.25, 0.3) is 0 Å². The lowest BCUT2D eigenvalue weighted by molar-refractivity contribution is -0.120. The topological polar surface area (TPSA) is 29.1 Å². The highest BCUT2D eigenvalue weighted by molar-refractivity contribution is 5.75. The van der Waals surface area contributed by atoms with Crippen LogP contribution in [0.15, 0.2) is 0 Å². The van der Waals surface area contributed by atoms with E-state index in [-0.39, 0.29) is 5.91 Å². The summed E-state index contributed by atoms with van der Waals surface area (Å²) in [7, 11) is 1.67. The molecule has 0 saturated heterocycles. The van der Waals surface area contributed by atoms with Crippen molar-refractivity contribution >= 4 is 5.91 Å². The summed E-state index contributed by atoms with van der Waals surface area (Å²) in [5, 5.41) is 2.59. The first-order valence-electron chi connectivity index (χ1n) is 3.81. The van der Waals surface area contributed by atoms with Gasteiger partial charge in [0.25, 0.3) is 0 Å². The van der Waals surface area contributed by atoms with Crippen LogP contribution in [0.4, 0.5) is 0 Å². The minimum absolute atomic E-state index is 0.143. The zero-order valence-corrected chi connectivity index (χ0v) is 6.65. The molecule has 1 radical (unpaired) electrons. The number of rotatable bonds is 5. The molecule has 0 aromatic heterocycles. The van der Waals surface area contributed by atoms with Crippen LogP contribution in [-0.4, -0.2) is 13.0 Å². The Labute approximate surface area is 63.0 Å². The van der Waals surface area contributed by atoms with Crippen LogP contribution < -0.4 is 5.32 Å². The van der Waals surface area contributed by atoms with E-state index >= 15 is 0 Å². The van der Waals surface area contributed by atoms with Gasteiger partial charge in [0.15, 0.2) is 0 Å². The average molecular weight is 142 g/mol. The summed E-state index contributed by atoms with van der Waals surface area (Å²) < 4.78 is 0. The Bertz CT molecular complexity index is 91.3. The van der Waals surface area contributed by atoms with Crippen molar-refractivity contribution in [2.45, 2.75) is 32.1 Å². The third-order valence-electron chi connectivity index (χ3n) is 1.43. The Morgan fingerprint density at radius 2 is 2.10 bits per heavy atom. The molecule has 0 bridgehead atoms. The van der Waals surface area contributed by atoms with Crippen molar-refractivity contribution in [1.82, 2.24) is 5.32 Å². The van der Waals surface area contributed by atoms with E-state index in [1.54, 1.807) is 7.05 Å². The predicted octanol–water partition coefficient (Wildman–Crippen LogP) is 1.52. The second-order valence-electron chi connectivity index (χ2n) is 2.34. The van der Waals surface area contributed by atoms with Crippen molar-refractivity contribution in [3.8, 4) is 0 Å². The molecular formula is C8H16NO. The lowest BCUT2D eigenvalue weighted by Gasteiger charge is -1.97. The van der Waals surface area contributed by atoms with Crippen molar-refractivity contribution in [2.75, 3.05) is 7.05 Å². The van der Waals surface area contributed by atoms with Crippen LogP contribution >= 0.6 is 0 Å². The number of carbonyl (C=O) groups is 1. The molecule has 0 aliphatic heterocycles. The Kier molecular flexibility index (Phi) is 6.24. The van der Waals surface area contributed by atoms with Gasteiger partial charge in [-0.3, -0.25) is 4.79 Å². The van der Waals surface area contributed by atoms with Gasteiger partial charge < -0.3 is 5.32 Å². The standard InChI is InChI=1S/C8H16NO/c1-3-4-5-6-7-8(10)9-2/h1,3-7H2,2H3,(H,9,10). The summed E-state index contributed by atoms with van der Waals surface area (Å²) in [6, 6.07) is 0. The summed E-state index contributed by atoms with van der Waals surface area (Å²) >= 11 is 0. The summed E-state index contributed by atoms with van der Waals surface area (Å²) in [5.41, 5.74) is 0. The van der Waals surface area contributed by atoms with Crippen LogP contribution in [0.3, 0.4) is 0 Å². The number of amides is 1. The average Bonchev–Trinajstić information content (AvgIpc) is 1.98. The van der Waals surface area contributed by atoms with E-state index in [0.29, 0.717) is 6.42 Å². The van der Waals surface area contributed by atoms with Crippen LogP contribution in [0.1, 0.15) is 32.1 Å². The number of nitrogens with one attached hydrogen (secondary N) is 1. The number of hydrogen-bond acceptors (Lipinski definition) is 1. The molecule has 59 valence electrons. The monoisotopic (exact) mass is 142 g/mol. The Balaban J connectivity index is 2.96. The summed E-state index contributed by atoms with van der Waals surface area (Å²) in [6.07, 6.45) is 4.90. The zero-order valence-electron chi connectivity index (χ0n) is 6.65. The number of unbranched alkanes of at least 4 members (excludes halogenated alkanes) is 3. The molecule has 1 amide bonds. The maximum absolute atomic E-state index is 10.6. The minimum atomic E-state index is 0.143. The quantitative estimate of drug-likeness (QED) is 0.579. The van der Waals surface area contributed by atoms with Crippen LogP contribution in [-0.2, 0) is 4.79 Å². The number of carbonyl (C=O) groups excluding carboxylic acids is 1. The summed E-state index contributed by atoms with van der Waals surface area (Å²) in [5.74, 6) is 0.143. The van der Waals surface area contributed by atoms with Crippen molar-refractivity contribution in [3.05, 3.63) is 6.92 Å². The van der Waals surface area contributed by atoms with Crippen LogP contribution in [0, 0.1) is 6.92 Å². The van der Waals surface area contributed by atoms with Crippen molar-refractivity contribution < 1.29 is 4.79 Å². The molecule has 0 saturated carbocycles. The molecule has 0 atom stereocenters. The molecule has 0 aromatic carbocycles. The van der Waals surface area contributed by atoms with E-state index in [0.717, 1.165) is 25.7 Å². The van der Waals surface area contributed by atoms with E-state index in [2.05, 4.69) is 12.2 Å². The molecule has 0 unspecified atom stereocenters. The third kappa shape index (κ3) is 5.60. The van der Waals surface area contributed by atoms with Gasteiger partial charge in [-0.1, -0.05) is 26.2 Å². The highest BCUT2D eigenvalue weighted by Crippen LogP contribution is 2.01. The normalized spacial score (nSPS) is 9.40. The third-order valence-corrected chi connectivity index (χ3v) is 1.43. The van der Waals surface area contributed by atoms with Crippen molar-refractivity contribution in [2.24, 2.45) is 0 Å². The van der Waals surface area contributed by atoms with Gasteiger partial charge in [-0.15, -0.1) is 0 Å². The van der Waals surface area contributed by atoms with E-state index in [9.17, 15) is 4.79 Å². The second kappa shape index (κ2) is 6.59. The molecule has 0 aromatic rings. The Morgan fingerprint density at radius 1 is 1.40 bits per heavy atom. The predicted molar refractivity (Wildman–Crippen MR) is 42.5 cm³/mol. The van der Waals surface area contributed by atoms with Crippen LogP contribution in [0.5, 0.6) is 0 Å². The fourth-order valence-electron chi connectivity index (χ4n) is 0.764. The largest absolute Gasteiger partial charge is 0.359 e. The minimum Gasteiger partial charge on any atom is -0.359 e. The van der Waals surface area contributed by atoms with Gasteiger partial charge in [-0.05, 0) is 6.42 Å². The summed E-state index contributed by atoms with van der Waals surface area (Å²) in [6.45, 7) is 3.72. The van der Waals surface area contributed by atoms with Crippen LogP contribution in [0.2, 0.25) is 0 Å². The maximum Gasteiger partial charge on any atom is 0.219 e. The van der Waals surface area contributed by atoms with Gasteiger partial charge >= 0.3 is 0 Å². The highest BCUT2D eigenvalue weighted by Gasteiger charge is 1.95. The molecule has 10 heavy (non-hydrogen) atoms. The zero-order chi connectivity index (χ0) is 7.82. The second-order valence-corrected chi connectivity index (χ2v) is 2.34. The lowest BCUT2D eigenvalue weighted by Crippen LogP contribution is -2.16. The summed E-state index contributed by atoms with van der Waals surface area (Å²) in [4.78, 5) is 10.6. The van der Waals surface area contributed by atoms with E-state index < -0.39 is 0 Å². The molecule has 2 nitrogen and oxygen atoms in total. The molecule has 2 heteroatoms. The first-order chi connectivity index (χ1) is 4.81. The molecule has 0 aliphatic rings. The van der Waals surface area contributed by atoms with Gasteiger partial charge in [0.05, 0.1) is 0 Å². The van der Waals surface area contributed by atoms with Gasteiger partial charge in [0, 0.05) is 13.5 Å². The highest BCUT2D eigenvalue weighted by atomic mass is 16.1. The van der Waals surface area contributed by atoms with E-state index in [1.807, 2.05) is 0 Å².